The summed E-state index contributed by atoms with van der Waals surface area (Å²) in [6.45, 7) is 0.679. The number of carbonyl (C=O) groups excluding carboxylic acids is 1. The molecule has 0 spiro atoms. The van der Waals surface area contributed by atoms with E-state index in [4.69, 9.17) is 0 Å². The fourth-order valence-electron chi connectivity index (χ4n) is 2.61. The van der Waals surface area contributed by atoms with Gasteiger partial charge >= 0.3 is 0 Å². The molecule has 0 aliphatic rings. The number of amides is 1. The van der Waals surface area contributed by atoms with Crippen LogP contribution in [0, 0.1) is 0 Å². The normalized spacial score (nSPS) is 10.6. The number of nitrogens with one attached hydrogen (secondary N) is 1. The van der Waals surface area contributed by atoms with Gasteiger partial charge in [0.1, 0.15) is 0 Å². The Morgan fingerprint density at radius 3 is 2.69 bits per heavy atom. The van der Waals surface area contributed by atoms with E-state index < -0.39 is 0 Å². The van der Waals surface area contributed by atoms with Gasteiger partial charge in [0.25, 0.3) is 5.56 Å². The van der Waals surface area contributed by atoms with Crippen LogP contribution in [0.2, 0.25) is 0 Å². The van der Waals surface area contributed by atoms with Crippen molar-refractivity contribution in [3.05, 3.63) is 76.8 Å². The molecule has 134 valence electrons. The highest BCUT2D eigenvalue weighted by Crippen LogP contribution is 2.04. The summed E-state index contributed by atoms with van der Waals surface area (Å²) >= 11 is 0. The summed E-state index contributed by atoms with van der Waals surface area (Å²) in [7, 11) is 0. The van der Waals surface area contributed by atoms with E-state index in [2.05, 4.69) is 27.6 Å². The van der Waals surface area contributed by atoms with Gasteiger partial charge in [0.2, 0.25) is 5.91 Å². The lowest BCUT2D eigenvalue weighted by Crippen LogP contribution is -2.32. The standard InChI is InChI=1S/C19H21N5O2/c25-18(9-4-8-16-6-2-1-3-7-16)20-13-15-24-19(26)11-10-17(22-24)23-14-5-12-21-23/h1-3,5-7,10-12,14H,4,8-9,13,15H2,(H,20,25). The highest BCUT2D eigenvalue weighted by molar-refractivity contribution is 5.75. The van der Waals surface area contributed by atoms with Gasteiger partial charge < -0.3 is 5.32 Å². The van der Waals surface area contributed by atoms with Crippen LogP contribution in [0.25, 0.3) is 5.82 Å². The van der Waals surface area contributed by atoms with Crippen molar-refractivity contribution in [1.82, 2.24) is 24.9 Å². The van der Waals surface area contributed by atoms with Gasteiger partial charge in [0.15, 0.2) is 5.82 Å². The van der Waals surface area contributed by atoms with Gasteiger partial charge in [-0.3, -0.25) is 9.59 Å². The number of rotatable bonds is 8. The molecule has 2 aromatic heterocycles. The van der Waals surface area contributed by atoms with Crippen LogP contribution in [0.15, 0.2) is 65.7 Å². The summed E-state index contributed by atoms with van der Waals surface area (Å²) < 4.78 is 2.92. The van der Waals surface area contributed by atoms with Crippen molar-refractivity contribution in [1.29, 1.82) is 0 Å². The Morgan fingerprint density at radius 1 is 1.08 bits per heavy atom. The van der Waals surface area contributed by atoms with E-state index in [9.17, 15) is 9.59 Å². The van der Waals surface area contributed by atoms with E-state index >= 15 is 0 Å². The molecule has 7 nitrogen and oxygen atoms in total. The summed E-state index contributed by atoms with van der Waals surface area (Å²) in [6.07, 6.45) is 5.53. The van der Waals surface area contributed by atoms with Crippen molar-refractivity contribution in [2.75, 3.05) is 6.54 Å². The molecule has 1 amide bonds. The van der Waals surface area contributed by atoms with Crippen LogP contribution in [0.1, 0.15) is 18.4 Å². The highest BCUT2D eigenvalue weighted by Gasteiger charge is 2.05. The van der Waals surface area contributed by atoms with Crippen LogP contribution >= 0.6 is 0 Å². The first-order valence-corrected chi connectivity index (χ1v) is 8.61. The molecule has 1 N–H and O–H groups in total. The summed E-state index contributed by atoms with van der Waals surface area (Å²) in [5.41, 5.74) is 1.02. The number of hydrogen-bond acceptors (Lipinski definition) is 4. The Kier molecular flexibility index (Phi) is 5.92. The Balaban J connectivity index is 1.45. The third-order valence-electron chi connectivity index (χ3n) is 3.95. The van der Waals surface area contributed by atoms with Crippen molar-refractivity contribution >= 4 is 5.91 Å². The Hall–Kier alpha value is -3.22. The second kappa shape index (κ2) is 8.75. The van der Waals surface area contributed by atoms with Gasteiger partial charge in [-0.15, -0.1) is 5.10 Å². The zero-order valence-corrected chi connectivity index (χ0v) is 14.4. The first kappa shape index (κ1) is 17.6. The molecule has 0 saturated carbocycles. The summed E-state index contributed by atoms with van der Waals surface area (Å²) in [5.74, 6) is 0.543. The minimum Gasteiger partial charge on any atom is -0.354 e. The number of carbonyl (C=O) groups is 1. The number of hydrogen-bond donors (Lipinski definition) is 1. The molecular weight excluding hydrogens is 330 g/mol. The van der Waals surface area contributed by atoms with E-state index in [1.165, 1.54) is 16.3 Å². The molecule has 1 aromatic carbocycles. The predicted octanol–water partition coefficient (Wildman–Crippen LogP) is 1.57. The molecule has 3 rings (SSSR count). The summed E-state index contributed by atoms with van der Waals surface area (Å²) in [4.78, 5) is 23.8. The predicted molar refractivity (Wildman–Crippen MR) is 98.0 cm³/mol. The molecule has 0 aliphatic heterocycles. The lowest BCUT2D eigenvalue weighted by atomic mass is 10.1. The Bertz CT molecular complexity index is 888. The molecule has 0 saturated heterocycles. The van der Waals surface area contributed by atoms with E-state index in [1.54, 1.807) is 29.2 Å². The van der Waals surface area contributed by atoms with E-state index in [0.29, 0.717) is 25.3 Å². The maximum atomic E-state index is 11.9. The third-order valence-corrected chi connectivity index (χ3v) is 3.95. The highest BCUT2D eigenvalue weighted by atomic mass is 16.1. The average molecular weight is 351 g/mol. The number of aryl methyl sites for hydroxylation is 1. The molecule has 3 aromatic rings. The fourth-order valence-corrected chi connectivity index (χ4v) is 2.61. The zero-order valence-electron chi connectivity index (χ0n) is 14.4. The van der Waals surface area contributed by atoms with Gasteiger partial charge in [-0.05, 0) is 30.5 Å². The maximum absolute atomic E-state index is 11.9. The fraction of sp³-hybridized carbons (Fsp3) is 0.263. The van der Waals surface area contributed by atoms with Gasteiger partial charge in [-0.1, -0.05) is 30.3 Å². The van der Waals surface area contributed by atoms with Crippen molar-refractivity contribution in [3.8, 4) is 5.82 Å². The topological polar surface area (TPSA) is 81.8 Å². The van der Waals surface area contributed by atoms with Crippen LogP contribution in [0.5, 0.6) is 0 Å². The van der Waals surface area contributed by atoms with Crippen molar-refractivity contribution in [2.45, 2.75) is 25.8 Å². The molecule has 26 heavy (non-hydrogen) atoms. The quantitative estimate of drug-likeness (QED) is 0.668. The molecule has 7 heteroatoms. The molecule has 0 unspecified atom stereocenters. The second-order valence-electron chi connectivity index (χ2n) is 5.89. The van der Waals surface area contributed by atoms with Crippen LogP contribution < -0.4 is 10.9 Å². The molecule has 0 fully saturated rings. The molecule has 2 heterocycles. The molecule has 0 bridgehead atoms. The van der Waals surface area contributed by atoms with Gasteiger partial charge in [-0.25, -0.2) is 9.36 Å². The van der Waals surface area contributed by atoms with Crippen LogP contribution in [-0.4, -0.2) is 32.0 Å². The Morgan fingerprint density at radius 2 is 1.92 bits per heavy atom. The lowest BCUT2D eigenvalue weighted by molar-refractivity contribution is -0.121. The molecular formula is C19H21N5O2. The van der Waals surface area contributed by atoms with E-state index in [0.717, 1.165) is 12.8 Å². The van der Waals surface area contributed by atoms with Gasteiger partial charge in [0, 0.05) is 31.4 Å². The van der Waals surface area contributed by atoms with Crippen molar-refractivity contribution in [2.24, 2.45) is 0 Å². The molecule has 0 radical (unpaired) electrons. The molecule has 0 atom stereocenters. The number of aromatic nitrogens is 4. The SMILES string of the molecule is O=C(CCCc1ccccc1)NCCn1nc(-n2cccn2)ccc1=O. The second-order valence-corrected chi connectivity index (χ2v) is 5.89. The van der Waals surface area contributed by atoms with Gasteiger partial charge in [0.05, 0.1) is 6.54 Å². The van der Waals surface area contributed by atoms with Crippen molar-refractivity contribution in [3.63, 3.8) is 0 Å². The number of nitrogens with zero attached hydrogens (tertiary/aromatic N) is 4. The van der Waals surface area contributed by atoms with E-state index in [-0.39, 0.29) is 11.5 Å². The lowest BCUT2D eigenvalue weighted by Gasteiger charge is -2.08. The Labute approximate surface area is 151 Å². The largest absolute Gasteiger partial charge is 0.354 e. The third kappa shape index (κ3) is 4.89. The number of benzene rings is 1. The monoisotopic (exact) mass is 351 g/mol. The summed E-state index contributed by atoms with van der Waals surface area (Å²) in [6, 6.07) is 14.9. The van der Waals surface area contributed by atoms with E-state index in [1.807, 2.05) is 18.2 Å². The average Bonchev–Trinajstić information content (AvgIpc) is 3.19. The molecule has 0 aliphatic carbocycles. The smallest absolute Gasteiger partial charge is 0.266 e. The van der Waals surface area contributed by atoms with Crippen LogP contribution in [-0.2, 0) is 17.8 Å². The van der Waals surface area contributed by atoms with Gasteiger partial charge in [-0.2, -0.15) is 5.10 Å². The minimum atomic E-state index is -0.209. The zero-order chi connectivity index (χ0) is 18.2. The summed E-state index contributed by atoms with van der Waals surface area (Å²) in [5, 5.41) is 11.2. The van der Waals surface area contributed by atoms with Crippen molar-refractivity contribution < 1.29 is 4.79 Å². The first-order valence-electron chi connectivity index (χ1n) is 8.61. The maximum Gasteiger partial charge on any atom is 0.266 e. The van der Waals surface area contributed by atoms with Crippen LogP contribution in [0.4, 0.5) is 0 Å². The van der Waals surface area contributed by atoms with Crippen LogP contribution in [0.3, 0.4) is 0 Å². The minimum absolute atomic E-state index is 0.0165. The first-order chi connectivity index (χ1) is 12.7.